The van der Waals surface area contributed by atoms with E-state index in [9.17, 15) is 4.79 Å². The molecule has 5 heteroatoms. The summed E-state index contributed by atoms with van der Waals surface area (Å²) >= 11 is 0. The van der Waals surface area contributed by atoms with Crippen LogP contribution in [0.1, 0.15) is 27.3 Å². The van der Waals surface area contributed by atoms with Crippen molar-refractivity contribution < 1.29 is 4.79 Å². The number of anilines is 2. The molecule has 0 atom stereocenters. The monoisotopic (exact) mass is 258 g/mol. The SMILES string of the molecule is Cc1cc(C(=O)Nc2cc(C)c(N)cc2C)n(C)n1. The number of nitrogen functional groups attached to an aromatic ring is 1. The zero-order valence-corrected chi connectivity index (χ0v) is 11.6. The van der Waals surface area contributed by atoms with Gasteiger partial charge in [-0.05, 0) is 50.1 Å². The van der Waals surface area contributed by atoms with Crippen LogP contribution in [0.15, 0.2) is 18.2 Å². The molecule has 0 spiro atoms. The van der Waals surface area contributed by atoms with Crippen LogP contribution >= 0.6 is 0 Å². The Hall–Kier alpha value is -2.30. The minimum Gasteiger partial charge on any atom is -0.399 e. The topological polar surface area (TPSA) is 72.9 Å². The Kier molecular flexibility index (Phi) is 3.29. The summed E-state index contributed by atoms with van der Waals surface area (Å²) in [5.74, 6) is -0.171. The van der Waals surface area contributed by atoms with Crippen molar-refractivity contribution in [3.05, 3.63) is 40.7 Å². The summed E-state index contributed by atoms with van der Waals surface area (Å²) in [4.78, 5) is 12.2. The number of rotatable bonds is 2. The molecular formula is C14H18N4O. The van der Waals surface area contributed by atoms with Gasteiger partial charge in [-0.2, -0.15) is 5.10 Å². The van der Waals surface area contributed by atoms with Gasteiger partial charge in [0.15, 0.2) is 0 Å². The number of nitrogens with two attached hydrogens (primary N) is 1. The number of nitrogens with one attached hydrogen (secondary N) is 1. The van der Waals surface area contributed by atoms with E-state index in [1.165, 1.54) is 0 Å². The van der Waals surface area contributed by atoms with Gasteiger partial charge in [0.2, 0.25) is 0 Å². The number of nitrogens with zero attached hydrogens (tertiary/aromatic N) is 2. The molecule has 1 aromatic heterocycles. The first-order valence-electron chi connectivity index (χ1n) is 6.07. The molecule has 1 amide bonds. The maximum Gasteiger partial charge on any atom is 0.273 e. The van der Waals surface area contributed by atoms with E-state index in [0.717, 1.165) is 28.2 Å². The molecule has 0 aliphatic rings. The predicted molar refractivity (Wildman–Crippen MR) is 76.2 cm³/mol. The third kappa shape index (κ3) is 2.59. The van der Waals surface area contributed by atoms with Crippen molar-refractivity contribution >= 4 is 17.3 Å². The van der Waals surface area contributed by atoms with E-state index >= 15 is 0 Å². The largest absolute Gasteiger partial charge is 0.399 e. The fourth-order valence-electron chi connectivity index (χ4n) is 1.98. The molecule has 0 saturated carbocycles. The first-order valence-corrected chi connectivity index (χ1v) is 6.07. The number of hydrogen-bond acceptors (Lipinski definition) is 3. The summed E-state index contributed by atoms with van der Waals surface area (Å²) in [5.41, 5.74) is 10.6. The molecule has 0 saturated heterocycles. The second kappa shape index (κ2) is 4.76. The fraction of sp³-hybridized carbons (Fsp3) is 0.286. The van der Waals surface area contributed by atoms with Crippen molar-refractivity contribution in [3.8, 4) is 0 Å². The average Bonchev–Trinajstić information content (AvgIpc) is 2.65. The van der Waals surface area contributed by atoms with Crippen LogP contribution in [0.2, 0.25) is 0 Å². The molecule has 0 aliphatic carbocycles. The number of benzene rings is 1. The molecule has 0 unspecified atom stereocenters. The number of aryl methyl sites for hydroxylation is 4. The third-order valence-electron chi connectivity index (χ3n) is 3.10. The van der Waals surface area contributed by atoms with Gasteiger partial charge in [0, 0.05) is 18.4 Å². The maximum atomic E-state index is 12.2. The van der Waals surface area contributed by atoms with Gasteiger partial charge in [-0.3, -0.25) is 9.48 Å². The smallest absolute Gasteiger partial charge is 0.273 e. The van der Waals surface area contributed by atoms with Crippen LogP contribution in [0.3, 0.4) is 0 Å². The van der Waals surface area contributed by atoms with E-state index in [1.54, 1.807) is 17.8 Å². The molecule has 2 aromatic rings. The number of amides is 1. The number of carbonyl (C=O) groups excluding carboxylic acids is 1. The van der Waals surface area contributed by atoms with Gasteiger partial charge in [-0.25, -0.2) is 0 Å². The summed E-state index contributed by atoms with van der Waals surface area (Å²) in [6.45, 7) is 5.69. The quantitative estimate of drug-likeness (QED) is 0.811. The lowest BCUT2D eigenvalue weighted by Crippen LogP contribution is -2.17. The molecule has 1 aromatic carbocycles. The molecule has 0 bridgehead atoms. The first-order chi connectivity index (χ1) is 8.88. The summed E-state index contributed by atoms with van der Waals surface area (Å²) in [6.07, 6.45) is 0. The van der Waals surface area contributed by atoms with Crippen LogP contribution in [0.25, 0.3) is 0 Å². The Morgan fingerprint density at radius 1 is 1.21 bits per heavy atom. The van der Waals surface area contributed by atoms with Crippen molar-refractivity contribution in [1.29, 1.82) is 0 Å². The van der Waals surface area contributed by atoms with Gasteiger partial charge < -0.3 is 11.1 Å². The lowest BCUT2D eigenvalue weighted by atomic mass is 10.1. The highest BCUT2D eigenvalue weighted by Crippen LogP contribution is 2.22. The minimum atomic E-state index is -0.171. The van der Waals surface area contributed by atoms with Crippen molar-refractivity contribution in [2.75, 3.05) is 11.1 Å². The van der Waals surface area contributed by atoms with Gasteiger partial charge in [0.1, 0.15) is 5.69 Å². The van der Waals surface area contributed by atoms with E-state index in [4.69, 9.17) is 5.73 Å². The predicted octanol–water partition coefficient (Wildman–Crippen LogP) is 2.18. The lowest BCUT2D eigenvalue weighted by molar-refractivity contribution is 0.101. The summed E-state index contributed by atoms with van der Waals surface area (Å²) < 4.78 is 1.57. The van der Waals surface area contributed by atoms with Gasteiger partial charge in [0.05, 0.1) is 5.69 Å². The Balaban J connectivity index is 2.29. The fourth-order valence-corrected chi connectivity index (χ4v) is 1.98. The van der Waals surface area contributed by atoms with Gasteiger partial charge >= 0.3 is 0 Å². The van der Waals surface area contributed by atoms with Crippen molar-refractivity contribution in [3.63, 3.8) is 0 Å². The summed E-state index contributed by atoms with van der Waals surface area (Å²) in [7, 11) is 1.75. The van der Waals surface area contributed by atoms with E-state index in [0.29, 0.717) is 5.69 Å². The molecule has 0 aliphatic heterocycles. The molecule has 100 valence electrons. The van der Waals surface area contributed by atoms with Gasteiger partial charge in [0.25, 0.3) is 5.91 Å². The maximum absolute atomic E-state index is 12.2. The van der Waals surface area contributed by atoms with Crippen LogP contribution in [0, 0.1) is 20.8 Å². The van der Waals surface area contributed by atoms with E-state index < -0.39 is 0 Å². The minimum absolute atomic E-state index is 0.171. The Labute approximate surface area is 112 Å². The molecule has 0 fully saturated rings. The van der Waals surface area contributed by atoms with Crippen LogP contribution in [-0.4, -0.2) is 15.7 Å². The molecule has 2 rings (SSSR count). The molecule has 0 radical (unpaired) electrons. The lowest BCUT2D eigenvalue weighted by Gasteiger charge is -2.11. The summed E-state index contributed by atoms with van der Waals surface area (Å²) in [6, 6.07) is 5.50. The number of hydrogen-bond donors (Lipinski definition) is 2. The van der Waals surface area contributed by atoms with E-state index in [2.05, 4.69) is 10.4 Å². The molecule has 19 heavy (non-hydrogen) atoms. The normalized spacial score (nSPS) is 10.5. The van der Waals surface area contributed by atoms with Crippen molar-refractivity contribution in [2.24, 2.45) is 7.05 Å². The number of carbonyl (C=O) groups is 1. The van der Waals surface area contributed by atoms with E-state index in [-0.39, 0.29) is 5.91 Å². The van der Waals surface area contributed by atoms with E-state index in [1.807, 2.05) is 32.9 Å². The third-order valence-corrected chi connectivity index (χ3v) is 3.10. The Bertz CT molecular complexity index is 643. The molecular weight excluding hydrogens is 240 g/mol. The highest BCUT2D eigenvalue weighted by molar-refractivity contribution is 6.03. The zero-order chi connectivity index (χ0) is 14.2. The van der Waals surface area contributed by atoms with Crippen molar-refractivity contribution in [1.82, 2.24) is 9.78 Å². The Morgan fingerprint density at radius 3 is 2.47 bits per heavy atom. The van der Waals surface area contributed by atoms with Crippen LogP contribution in [0.5, 0.6) is 0 Å². The second-order valence-electron chi connectivity index (χ2n) is 4.77. The highest BCUT2D eigenvalue weighted by atomic mass is 16.2. The standard InChI is InChI=1S/C14H18N4O/c1-8-6-12(9(2)5-11(8)15)16-14(19)13-7-10(3)17-18(13)4/h5-7H,15H2,1-4H3,(H,16,19). The Morgan fingerprint density at radius 2 is 1.89 bits per heavy atom. The van der Waals surface area contributed by atoms with Gasteiger partial charge in [-0.15, -0.1) is 0 Å². The molecule has 5 nitrogen and oxygen atoms in total. The van der Waals surface area contributed by atoms with Crippen molar-refractivity contribution in [2.45, 2.75) is 20.8 Å². The first kappa shape index (κ1) is 13.1. The molecule has 3 N–H and O–H groups in total. The van der Waals surface area contributed by atoms with Crippen LogP contribution in [0.4, 0.5) is 11.4 Å². The average molecular weight is 258 g/mol. The number of aromatic nitrogens is 2. The van der Waals surface area contributed by atoms with Gasteiger partial charge in [-0.1, -0.05) is 0 Å². The zero-order valence-electron chi connectivity index (χ0n) is 11.6. The van der Waals surface area contributed by atoms with Crippen LogP contribution in [-0.2, 0) is 7.05 Å². The molecule has 1 heterocycles. The second-order valence-corrected chi connectivity index (χ2v) is 4.77. The highest BCUT2D eigenvalue weighted by Gasteiger charge is 2.13. The van der Waals surface area contributed by atoms with Crippen LogP contribution < -0.4 is 11.1 Å². The summed E-state index contributed by atoms with van der Waals surface area (Å²) in [5, 5.41) is 7.06.